The lowest BCUT2D eigenvalue weighted by Gasteiger charge is -2.42. The molecule has 0 aromatic rings. The third-order valence-electron chi connectivity index (χ3n) is 4.96. The fraction of sp³-hybridized carbons (Fsp3) is 0.875. The van der Waals surface area contributed by atoms with Crippen LogP contribution in [0.2, 0.25) is 0 Å². The molecule has 6 unspecified atom stereocenters. The predicted octanol–water partition coefficient (Wildman–Crippen LogP) is 1.89. The number of hydrogen-bond acceptors (Lipinski definition) is 4. The van der Waals surface area contributed by atoms with E-state index < -0.39 is 6.10 Å². The molecule has 0 aromatic heterocycles. The minimum Gasteiger partial charge on any atom is -0.396 e. The van der Waals surface area contributed by atoms with Gasteiger partial charge in [0.1, 0.15) is 0 Å². The first-order chi connectivity index (χ1) is 9.43. The summed E-state index contributed by atoms with van der Waals surface area (Å²) in [5, 5.41) is 19.8. The largest absolute Gasteiger partial charge is 0.396 e. The maximum atomic E-state index is 10.2. The van der Waals surface area contributed by atoms with Crippen LogP contribution in [-0.4, -0.2) is 47.8 Å². The molecule has 20 heavy (non-hydrogen) atoms. The van der Waals surface area contributed by atoms with Crippen LogP contribution in [0, 0.1) is 11.8 Å². The number of epoxide rings is 1. The van der Waals surface area contributed by atoms with Crippen molar-refractivity contribution in [3.05, 3.63) is 11.6 Å². The molecule has 1 aliphatic carbocycles. The first-order valence-corrected chi connectivity index (χ1v) is 7.57. The molecular formula is C16H28O4. The van der Waals surface area contributed by atoms with Gasteiger partial charge in [0.15, 0.2) is 0 Å². The highest BCUT2D eigenvalue weighted by Gasteiger charge is 2.62. The molecule has 116 valence electrons. The van der Waals surface area contributed by atoms with Gasteiger partial charge >= 0.3 is 0 Å². The lowest BCUT2D eigenvalue weighted by molar-refractivity contribution is -0.116. The standard InChI is InChI=1S/C16H28O4/c1-10(2)5-8-13-16(3,20-13)14-11(9-17)6-7-12(18)15(14)19-4/h5,11-15,17-18H,6-9H2,1-4H3. The Bertz CT molecular complexity index is 363. The number of aliphatic hydroxyl groups excluding tert-OH is 2. The highest BCUT2D eigenvalue weighted by Crippen LogP contribution is 2.52. The summed E-state index contributed by atoms with van der Waals surface area (Å²) in [6, 6.07) is 0. The molecule has 2 fully saturated rings. The van der Waals surface area contributed by atoms with Gasteiger partial charge in [0, 0.05) is 19.6 Å². The number of allylic oxidation sites excluding steroid dienone is 1. The second kappa shape index (κ2) is 6.14. The van der Waals surface area contributed by atoms with Crippen molar-refractivity contribution in [3.63, 3.8) is 0 Å². The van der Waals surface area contributed by atoms with E-state index in [2.05, 4.69) is 26.8 Å². The van der Waals surface area contributed by atoms with Crippen LogP contribution in [0.4, 0.5) is 0 Å². The molecule has 0 bridgehead atoms. The quantitative estimate of drug-likeness (QED) is 0.598. The average molecular weight is 284 g/mol. The zero-order chi connectivity index (χ0) is 14.9. The molecule has 2 N–H and O–H groups in total. The summed E-state index contributed by atoms with van der Waals surface area (Å²) in [5.41, 5.74) is 0.995. The SMILES string of the molecule is COC1C(O)CCC(CO)C1C1(C)OC1CC=C(C)C. The molecule has 2 rings (SSSR count). The lowest BCUT2D eigenvalue weighted by atomic mass is 9.68. The Morgan fingerprint density at radius 2 is 2.10 bits per heavy atom. The molecule has 4 heteroatoms. The molecule has 0 radical (unpaired) electrons. The molecule has 0 spiro atoms. The lowest BCUT2D eigenvalue weighted by Crippen LogP contribution is -2.51. The average Bonchev–Trinajstić information content (AvgIpc) is 3.08. The molecule has 1 heterocycles. The van der Waals surface area contributed by atoms with Crippen molar-refractivity contribution < 1.29 is 19.7 Å². The van der Waals surface area contributed by atoms with Crippen molar-refractivity contribution >= 4 is 0 Å². The van der Waals surface area contributed by atoms with E-state index >= 15 is 0 Å². The van der Waals surface area contributed by atoms with E-state index in [0.717, 1.165) is 12.8 Å². The van der Waals surface area contributed by atoms with Crippen LogP contribution in [0.25, 0.3) is 0 Å². The van der Waals surface area contributed by atoms with E-state index in [4.69, 9.17) is 9.47 Å². The van der Waals surface area contributed by atoms with Gasteiger partial charge in [0.2, 0.25) is 0 Å². The van der Waals surface area contributed by atoms with Gasteiger partial charge in [-0.25, -0.2) is 0 Å². The van der Waals surface area contributed by atoms with E-state index in [-0.39, 0.29) is 36.3 Å². The Morgan fingerprint density at radius 1 is 1.40 bits per heavy atom. The van der Waals surface area contributed by atoms with Crippen molar-refractivity contribution in [2.24, 2.45) is 11.8 Å². The van der Waals surface area contributed by atoms with Crippen LogP contribution in [-0.2, 0) is 9.47 Å². The number of hydrogen-bond donors (Lipinski definition) is 2. The van der Waals surface area contributed by atoms with Gasteiger partial charge in [-0.15, -0.1) is 0 Å². The predicted molar refractivity (Wildman–Crippen MR) is 77.4 cm³/mol. The first kappa shape index (κ1) is 16.0. The number of rotatable bonds is 5. The Hall–Kier alpha value is -0.420. The van der Waals surface area contributed by atoms with Crippen LogP contribution in [0.15, 0.2) is 11.6 Å². The molecule has 2 aliphatic rings. The third kappa shape index (κ3) is 2.93. The van der Waals surface area contributed by atoms with Crippen LogP contribution in [0.1, 0.15) is 40.0 Å². The Morgan fingerprint density at radius 3 is 2.65 bits per heavy atom. The van der Waals surface area contributed by atoms with Crippen LogP contribution < -0.4 is 0 Å². The maximum Gasteiger partial charge on any atom is 0.0980 e. The highest BCUT2D eigenvalue weighted by atomic mass is 16.6. The molecule has 4 nitrogen and oxygen atoms in total. The van der Waals surface area contributed by atoms with Crippen LogP contribution in [0.5, 0.6) is 0 Å². The fourth-order valence-electron chi connectivity index (χ4n) is 3.73. The number of ether oxygens (including phenoxy) is 2. The highest BCUT2D eigenvalue weighted by molar-refractivity contribution is 5.13. The first-order valence-electron chi connectivity index (χ1n) is 7.57. The zero-order valence-corrected chi connectivity index (χ0v) is 13.0. The summed E-state index contributed by atoms with van der Waals surface area (Å²) in [6.45, 7) is 6.39. The molecule has 6 atom stereocenters. The maximum absolute atomic E-state index is 10.2. The summed E-state index contributed by atoms with van der Waals surface area (Å²) in [7, 11) is 1.64. The Balaban J connectivity index is 2.12. The molecule has 0 amide bonds. The summed E-state index contributed by atoms with van der Waals surface area (Å²) in [4.78, 5) is 0. The normalized spacial score (nSPS) is 44.2. The van der Waals surface area contributed by atoms with Gasteiger partial charge < -0.3 is 19.7 Å². The van der Waals surface area contributed by atoms with Gasteiger partial charge in [0.05, 0.1) is 23.9 Å². The smallest absolute Gasteiger partial charge is 0.0980 e. The number of methoxy groups -OCH3 is 1. The molecule has 1 saturated heterocycles. The summed E-state index contributed by atoms with van der Waals surface area (Å²) in [6.07, 6.45) is 4.05. The number of aliphatic hydroxyl groups is 2. The zero-order valence-electron chi connectivity index (χ0n) is 13.0. The summed E-state index contributed by atoms with van der Waals surface area (Å²) in [5.74, 6) is 0.196. The van der Waals surface area contributed by atoms with E-state index in [1.807, 2.05) is 0 Å². The van der Waals surface area contributed by atoms with Crippen molar-refractivity contribution in [2.75, 3.05) is 13.7 Å². The van der Waals surface area contributed by atoms with Crippen LogP contribution >= 0.6 is 0 Å². The summed E-state index contributed by atoms with van der Waals surface area (Å²) < 4.78 is 11.5. The van der Waals surface area contributed by atoms with E-state index in [1.165, 1.54) is 5.57 Å². The van der Waals surface area contributed by atoms with Gasteiger partial charge in [-0.2, -0.15) is 0 Å². The second-order valence-corrected chi connectivity index (χ2v) is 6.62. The topological polar surface area (TPSA) is 62.2 Å². The van der Waals surface area contributed by atoms with Gasteiger partial charge in [-0.05, 0) is 46.0 Å². The van der Waals surface area contributed by atoms with Crippen molar-refractivity contribution in [2.45, 2.75) is 63.9 Å². The monoisotopic (exact) mass is 284 g/mol. The Labute approximate surface area is 121 Å². The molecular weight excluding hydrogens is 256 g/mol. The minimum atomic E-state index is -0.460. The van der Waals surface area contributed by atoms with Crippen LogP contribution in [0.3, 0.4) is 0 Å². The Kier molecular flexibility index (Phi) is 4.90. The summed E-state index contributed by atoms with van der Waals surface area (Å²) >= 11 is 0. The van der Waals surface area contributed by atoms with Gasteiger partial charge in [-0.3, -0.25) is 0 Å². The van der Waals surface area contributed by atoms with E-state index in [0.29, 0.717) is 6.42 Å². The van der Waals surface area contributed by atoms with Crippen molar-refractivity contribution in [1.29, 1.82) is 0 Å². The van der Waals surface area contributed by atoms with Gasteiger partial charge in [-0.1, -0.05) is 11.6 Å². The third-order valence-corrected chi connectivity index (χ3v) is 4.96. The van der Waals surface area contributed by atoms with E-state index in [1.54, 1.807) is 7.11 Å². The molecule has 1 saturated carbocycles. The fourth-order valence-corrected chi connectivity index (χ4v) is 3.73. The van der Waals surface area contributed by atoms with Crippen molar-refractivity contribution in [3.8, 4) is 0 Å². The minimum absolute atomic E-state index is 0.0526. The second-order valence-electron chi connectivity index (χ2n) is 6.62. The molecule has 0 aromatic carbocycles. The van der Waals surface area contributed by atoms with E-state index in [9.17, 15) is 10.2 Å². The van der Waals surface area contributed by atoms with Crippen molar-refractivity contribution in [1.82, 2.24) is 0 Å². The van der Waals surface area contributed by atoms with Gasteiger partial charge in [0.25, 0.3) is 0 Å². The molecule has 1 aliphatic heterocycles.